The van der Waals surface area contributed by atoms with E-state index in [9.17, 15) is 19.5 Å². The Balaban J connectivity index is 1.49. The fourth-order valence-electron chi connectivity index (χ4n) is 3.48. The van der Waals surface area contributed by atoms with Crippen molar-refractivity contribution in [2.75, 3.05) is 11.9 Å². The van der Waals surface area contributed by atoms with Crippen LogP contribution in [0.15, 0.2) is 38.4 Å². The van der Waals surface area contributed by atoms with Gasteiger partial charge >= 0.3 is 5.69 Å². The van der Waals surface area contributed by atoms with Gasteiger partial charge in [0.15, 0.2) is 5.82 Å². The molecule has 3 heterocycles. The SMILES string of the molecule is CC(=O)Nc1[nH]c(=O)n(Cc2nc([C@@H]3CO[C@@H](c4ccc(O)cc4)C3)no2)c(=O)c1C. The lowest BCUT2D eigenvalue weighted by Gasteiger charge is -2.09. The van der Waals surface area contributed by atoms with Crippen molar-refractivity contribution in [1.82, 2.24) is 19.7 Å². The average Bonchev–Trinajstić information content (AvgIpc) is 3.39. The summed E-state index contributed by atoms with van der Waals surface area (Å²) in [5.41, 5.74) is -0.133. The number of phenols is 1. The van der Waals surface area contributed by atoms with Crippen LogP contribution in [0.25, 0.3) is 0 Å². The van der Waals surface area contributed by atoms with Crippen LogP contribution in [0.2, 0.25) is 0 Å². The molecule has 11 heteroatoms. The van der Waals surface area contributed by atoms with Crippen molar-refractivity contribution in [3.05, 3.63) is 67.9 Å². The summed E-state index contributed by atoms with van der Waals surface area (Å²) in [6.07, 6.45) is 0.483. The minimum atomic E-state index is -0.698. The molecule has 2 atom stereocenters. The molecule has 1 fully saturated rings. The van der Waals surface area contributed by atoms with Crippen molar-refractivity contribution in [2.45, 2.75) is 38.8 Å². The molecule has 0 spiro atoms. The van der Waals surface area contributed by atoms with Gasteiger partial charge in [-0.1, -0.05) is 17.3 Å². The zero-order valence-electron chi connectivity index (χ0n) is 16.9. The van der Waals surface area contributed by atoms with Gasteiger partial charge in [-0.25, -0.2) is 4.79 Å². The van der Waals surface area contributed by atoms with Crippen LogP contribution in [0.5, 0.6) is 5.75 Å². The van der Waals surface area contributed by atoms with Crippen LogP contribution in [0, 0.1) is 6.92 Å². The second kappa shape index (κ2) is 8.19. The number of hydrogen-bond acceptors (Lipinski definition) is 8. The number of aromatic hydroxyl groups is 1. The van der Waals surface area contributed by atoms with Gasteiger partial charge in [-0.3, -0.25) is 19.1 Å². The number of benzene rings is 1. The van der Waals surface area contributed by atoms with Crippen LogP contribution >= 0.6 is 0 Å². The topological polar surface area (TPSA) is 152 Å². The number of rotatable bonds is 5. The van der Waals surface area contributed by atoms with E-state index in [1.54, 1.807) is 24.3 Å². The molecule has 3 N–H and O–H groups in total. The fourth-order valence-corrected chi connectivity index (χ4v) is 3.48. The lowest BCUT2D eigenvalue weighted by molar-refractivity contribution is -0.114. The molecule has 31 heavy (non-hydrogen) atoms. The summed E-state index contributed by atoms with van der Waals surface area (Å²) in [4.78, 5) is 42.9. The van der Waals surface area contributed by atoms with Crippen LogP contribution in [-0.4, -0.2) is 37.3 Å². The highest BCUT2D eigenvalue weighted by Crippen LogP contribution is 2.37. The Morgan fingerprint density at radius 1 is 1.32 bits per heavy atom. The molecule has 3 aromatic rings. The number of phenolic OH excluding ortho intramolecular Hbond substituents is 1. The number of anilines is 1. The van der Waals surface area contributed by atoms with E-state index in [2.05, 4.69) is 20.4 Å². The number of nitrogens with one attached hydrogen (secondary N) is 2. The van der Waals surface area contributed by atoms with Crippen molar-refractivity contribution < 1.29 is 19.2 Å². The zero-order chi connectivity index (χ0) is 22.1. The molecule has 0 saturated carbocycles. The second-order valence-corrected chi connectivity index (χ2v) is 7.40. The Morgan fingerprint density at radius 3 is 2.77 bits per heavy atom. The highest BCUT2D eigenvalue weighted by Gasteiger charge is 2.31. The van der Waals surface area contributed by atoms with Gasteiger partial charge in [0, 0.05) is 12.8 Å². The van der Waals surface area contributed by atoms with E-state index < -0.39 is 17.2 Å². The molecule has 2 aromatic heterocycles. The number of aromatic nitrogens is 4. The smallest absolute Gasteiger partial charge is 0.330 e. The van der Waals surface area contributed by atoms with Crippen molar-refractivity contribution in [3.63, 3.8) is 0 Å². The second-order valence-electron chi connectivity index (χ2n) is 7.40. The molecule has 1 aromatic carbocycles. The van der Waals surface area contributed by atoms with Crippen LogP contribution in [0.1, 0.15) is 48.2 Å². The number of H-pyrrole nitrogens is 1. The van der Waals surface area contributed by atoms with Gasteiger partial charge in [-0.05, 0) is 31.0 Å². The summed E-state index contributed by atoms with van der Waals surface area (Å²) in [7, 11) is 0. The van der Waals surface area contributed by atoms with E-state index in [1.165, 1.54) is 13.8 Å². The number of nitrogens with zero attached hydrogens (tertiary/aromatic N) is 3. The van der Waals surface area contributed by atoms with Gasteiger partial charge in [0.25, 0.3) is 5.56 Å². The molecule has 4 rings (SSSR count). The Kier molecular flexibility index (Phi) is 5.42. The van der Waals surface area contributed by atoms with E-state index in [4.69, 9.17) is 9.26 Å². The lowest BCUT2D eigenvalue weighted by atomic mass is 10.00. The van der Waals surface area contributed by atoms with Crippen LogP contribution in [0.4, 0.5) is 5.82 Å². The number of carbonyl (C=O) groups excluding carboxylic acids is 1. The van der Waals surface area contributed by atoms with E-state index in [0.717, 1.165) is 10.1 Å². The van der Waals surface area contributed by atoms with Gasteiger partial charge in [0.05, 0.1) is 18.3 Å². The van der Waals surface area contributed by atoms with Crippen LogP contribution in [-0.2, 0) is 16.1 Å². The maximum absolute atomic E-state index is 12.5. The molecule has 11 nitrogen and oxygen atoms in total. The quantitative estimate of drug-likeness (QED) is 0.549. The average molecular weight is 427 g/mol. The molecule has 1 amide bonds. The summed E-state index contributed by atoms with van der Waals surface area (Å²) in [5, 5.41) is 15.8. The summed E-state index contributed by atoms with van der Waals surface area (Å²) < 4.78 is 12.0. The van der Waals surface area contributed by atoms with Gasteiger partial charge in [0.2, 0.25) is 11.8 Å². The molecule has 162 valence electrons. The highest BCUT2D eigenvalue weighted by atomic mass is 16.5. The maximum Gasteiger partial charge on any atom is 0.330 e. The normalized spacial score (nSPS) is 18.3. The molecule has 1 saturated heterocycles. The summed E-state index contributed by atoms with van der Waals surface area (Å²) >= 11 is 0. The number of ether oxygens (including phenoxy) is 1. The van der Waals surface area contributed by atoms with Crippen molar-refractivity contribution in [1.29, 1.82) is 0 Å². The third-order valence-corrected chi connectivity index (χ3v) is 5.12. The Morgan fingerprint density at radius 2 is 2.06 bits per heavy atom. The molecule has 0 bridgehead atoms. The molecular weight excluding hydrogens is 406 g/mol. The largest absolute Gasteiger partial charge is 0.508 e. The predicted molar refractivity (Wildman–Crippen MR) is 108 cm³/mol. The number of hydrogen-bond donors (Lipinski definition) is 3. The Bertz CT molecular complexity index is 1230. The zero-order valence-corrected chi connectivity index (χ0v) is 16.9. The molecule has 0 aliphatic carbocycles. The van der Waals surface area contributed by atoms with E-state index >= 15 is 0 Å². The van der Waals surface area contributed by atoms with Gasteiger partial charge < -0.3 is 19.7 Å². The molecule has 0 unspecified atom stereocenters. The van der Waals surface area contributed by atoms with E-state index in [0.29, 0.717) is 18.9 Å². The van der Waals surface area contributed by atoms with Crippen molar-refractivity contribution in [3.8, 4) is 5.75 Å². The lowest BCUT2D eigenvalue weighted by Crippen LogP contribution is -2.38. The van der Waals surface area contributed by atoms with Gasteiger partial charge in [0.1, 0.15) is 18.1 Å². The minimum absolute atomic E-state index is 0.0633. The number of amides is 1. The molecular formula is C20H21N5O6. The number of aromatic amines is 1. The Hall–Kier alpha value is -3.73. The third-order valence-electron chi connectivity index (χ3n) is 5.12. The van der Waals surface area contributed by atoms with Crippen molar-refractivity contribution in [2.24, 2.45) is 0 Å². The third kappa shape index (κ3) is 4.26. The molecule has 1 aliphatic rings. The molecule has 1 aliphatic heterocycles. The monoisotopic (exact) mass is 427 g/mol. The maximum atomic E-state index is 12.5. The first-order valence-corrected chi connectivity index (χ1v) is 9.66. The van der Waals surface area contributed by atoms with Crippen LogP contribution in [0.3, 0.4) is 0 Å². The fraction of sp³-hybridized carbons (Fsp3) is 0.350. The van der Waals surface area contributed by atoms with E-state index in [-0.39, 0.29) is 41.6 Å². The van der Waals surface area contributed by atoms with E-state index in [1.807, 2.05) is 0 Å². The highest BCUT2D eigenvalue weighted by molar-refractivity contribution is 5.88. The minimum Gasteiger partial charge on any atom is -0.508 e. The van der Waals surface area contributed by atoms with Gasteiger partial charge in [-0.2, -0.15) is 4.98 Å². The van der Waals surface area contributed by atoms with Crippen LogP contribution < -0.4 is 16.6 Å². The predicted octanol–water partition coefficient (Wildman–Crippen LogP) is 1.19. The standard InChI is InChI=1S/C20H21N5O6/c1-10-17(21-11(2)26)23-20(29)25(19(10)28)8-16-22-18(24-31-16)13-7-15(30-9-13)12-3-5-14(27)6-4-12/h3-6,13,15,27H,7-9H2,1-2H3,(H,21,26)(H,23,29)/t13-,15+/m0/s1. The summed E-state index contributed by atoms with van der Waals surface area (Å²) in [5.74, 6) is 0.298. The first-order chi connectivity index (χ1) is 14.8. The van der Waals surface area contributed by atoms with Gasteiger partial charge in [-0.15, -0.1) is 0 Å². The first-order valence-electron chi connectivity index (χ1n) is 9.66. The first kappa shape index (κ1) is 20.5. The Labute approximate surface area is 175 Å². The summed E-state index contributed by atoms with van der Waals surface area (Å²) in [6.45, 7) is 2.98. The molecule has 0 radical (unpaired) electrons. The summed E-state index contributed by atoms with van der Waals surface area (Å²) in [6, 6.07) is 6.81. The number of carbonyl (C=O) groups is 1. The van der Waals surface area contributed by atoms with Crippen molar-refractivity contribution >= 4 is 11.7 Å².